The minimum Gasteiger partial charge on any atom is -0.451 e. The van der Waals surface area contributed by atoms with Gasteiger partial charge in [0.15, 0.2) is 0 Å². The molecule has 3 nitrogen and oxygen atoms in total. The molecule has 2 rings (SSSR count). The summed E-state index contributed by atoms with van der Waals surface area (Å²) in [6, 6.07) is 10.2. The van der Waals surface area contributed by atoms with Crippen LogP contribution in [0.5, 0.6) is 0 Å². The molecule has 0 bridgehead atoms. The number of nitrogens with one attached hydrogen (secondary N) is 1. The third-order valence-electron chi connectivity index (χ3n) is 3.14. The third-order valence-corrected chi connectivity index (χ3v) is 3.14. The first-order valence-corrected chi connectivity index (χ1v) is 6.20. The lowest BCUT2D eigenvalue weighted by Gasteiger charge is -2.31. The summed E-state index contributed by atoms with van der Waals surface area (Å²) < 4.78 is 5.42. The highest BCUT2D eigenvalue weighted by molar-refractivity contribution is 5.88. The maximum absolute atomic E-state index is 11.5. The number of hydrogen-bond acceptors (Lipinski definition) is 3. The Kier molecular flexibility index (Phi) is 4.38. The van der Waals surface area contributed by atoms with Gasteiger partial charge in [0.25, 0.3) is 0 Å². The van der Waals surface area contributed by atoms with Gasteiger partial charge in [0.1, 0.15) is 6.10 Å². The van der Waals surface area contributed by atoms with E-state index in [0.717, 1.165) is 13.0 Å². The number of esters is 1. The molecule has 1 aliphatic heterocycles. The van der Waals surface area contributed by atoms with Crippen molar-refractivity contribution in [3.05, 3.63) is 35.9 Å². The number of benzene rings is 1. The van der Waals surface area contributed by atoms with Gasteiger partial charge < -0.3 is 10.1 Å². The standard InChI is InChI=1S/C15H17NO2/c1-2-6-15(17)18-14-11-16-10-9-13(14)12-7-4-3-5-8-12/h3-5,7-8,13-14,16H,9-11H2,1H3. The number of hydrogen-bond donors (Lipinski definition) is 1. The Hall–Kier alpha value is -1.79. The monoisotopic (exact) mass is 243 g/mol. The summed E-state index contributed by atoms with van der Waals surface area (Å²) >= 11 is 0. The molecular weight excluding hydrogens is 226 g/mol. The molecule has 1 heterocycles. The molecule has 1 N–H and O–H groups in total. The predicted octanol–water partition coefficient (Wildman–Crippen LogP) is 1.70. The van der Waals surface area contributed by atoms with Crippen molar-refractivity contribution in [1.82, 2.24) is 5.32 Å². The molecule has 18 heavy (non-hydrogen) atoms. The van der Waals surface area contributed by atoms with Crippen LogP contribution in [0.1, 0.15) is 24.8 Å². The maximum atomic E-state index is 11.5. The molecule has 0 aliphatic carbocycles. The van der Waals surface area contributed by atoms with Gasteiger partial charge in [0, 0.05) is 18.4 Å². The van der Waals surface area contributed by atoms with Gasteiger partial charge in [-0.3, -0.25) is 0 Å². The summed E-state index contributed by atoms with van der Waals surface area (Å²) in [7, 11) is 0. The van der Waals surface area contributed by atoms with Crippen molar-refractivity contribution in [1.29, 1.82) is 0 Å². The van der Waals surface area contributed by atoms with Gasteiger partial charge in [-0.15, -0.1) is 0 Å². The van der Waals surface area contributed by atoms with E-state index >= 15 is 0 Å². The van der Waals surface area contributed by atoms with Gasteiger partial charge in [0.2, 0.25) is 0 Å². The van der Waals surface area contributed by atoms with Crippen molar-refractivity contribution in [2.45, 2.75) is 25.4 Å². The molecule has 0 spiro atoms. The van der Waals surface area contributed by atoms with Gasteiger partial charge in [-0.05, 0) is 25.5 Å². The van der Waals surface area contributed by atoms with Crippen LogP contribution < -0.4 is 5.32 Å². The molecule has 2 atom stereocenters. The number of carbonyl (C=O) groups excluding carboxylic acids is 1. The van der Waals surface area contributed by atoms with E-state index in [1.165, 1.54) is 5.56 Å². The van der Waals surface area contributed by atoms with Crippen molar-refractivity contribution in [3.63, 3.8) is 0 Å². The lowest BCUT2D eigenvalue weighted by Crippen LogP contribution is -2.41. The lowest BCUT2D eigenvalue weighted by atomic mass is 9.88. The molecule has 1 aliphatic rings. The molecule has 3 heteroatoms. The average molecular weight is 243 g/mol. The van der Waals surface area contributed by atoms with E-state index < -0.39 is 5.97 Å². The topological polar surface area (TPSA) is 38.3 Å². The molecule has 1 saturated heterocycles. The highest BCUT2D eigenvalue weighted by Crippen LogP contribution is 2.27. The molecule has 0 radical (unpaired) electrons. The zero-order valence-electron chi connectivity index (χ0n) is 10.5. The van der Waals surface area contributed by atoms with E-state index in [4.69, 9.17) is 4.74 Å². The van der Waals surface area contributed by atoms with Crippen molar-refractivity contribution >= 4 is 5.97 Å². The van der Waals surface area contributed by atoms with E-state index in [1.54, 1.807) is 6.92 Å². The first kappa shape index (κ1) is 12.7. The van der Waals surface area contributed by atoms with E-state index in [1.807, 2.05) is 18.2 Å². The van der Waals surface area contributed by atoms with Crippen LogP contribution in [-0.4, -0.2) is 25.2 Å². The van der Waals surface area contributed by atoms with Gasteiger partial charge in [-0.1, -0.05) is 36.3 Å². The second-order valence-electron chi connectivity index (χ2n) is 4.33. The minimum absolute atomic E-state index is 0.130. The van der Waals surface area contributed by atoms with Crippen LogP contribution in [0, 0.1) is 11.8 Å². The second kappa shape index (κ2) is 6.23. The van der Waals surface area contributed by atoms with Gasteiger partial charge >= 0.3 is 5.97 Å². The summed E-state index contributed by atoms with van der Waals surface area (Å²) in [5.74, 6) is 4.81. The number of carbonyl (C=O) groups is 1. The van der Waals surface area contributed by atoms with E-state index in [9.17, 15) is 4.79 Å². The maximum Gasteiger partial charge on any atom is 0.384 e. The highest BCUT2D eigenvalue weighted by atomic mass is 16.5. The quantitative estimate of drug-likeness (QED) is 0.488. The van der Waals surface area contributed by atoms with Gasteiger partial charge in [-0.25, -0.2) is 4.79 Å². The Balaban J connectivity index is 2.10. The van der Waals surface area contributed by atoms with Crippen molar-refractivity contribution in [2.75, 3.05) is 13.1 Å². The van der Waals surface area contributed by atoms with Crippen molar-refractivity contribution in [3.8, 4) is 11.8 Å². The summed E-state index contributed by atoms with van der Waals surface area (Å²) in [4.78, 5) is 11.5. The Morgan fingerprint density at radius 2 is 2.17 bits per heavy atom. The van der Waals surface area contributed by atoms with Crippen LogP contribution in [0.3, 0.4) is 0 Å². The van der Waals surface area contributed by atoms with Crippen LogP contribution in [0.2, 0.25) is 0 Å². The van der Waals surface area contributed by atoms with Crippen LogP contribution >= 0.6 is 0 Å². The molecule has 1 fully saturated rings. The molecule has 2 unspecified atom stereocenters. The number of rotatable bonds is 2. The lowest BCUT2D eigenvalue weighted by molar-refractivity contribution is -0.143. The zero-order valence-corrected chi connectivity index (χ0v) is 10.5. The van der Waals surface area contributed by atoms with Gasteiger partial charge in [-0.2, -0.15) is 0 Å². The molecule has 1 aromatic rings. The summed E-state index contributed by atoms with van der Waals surface area (Å²) in [5.41, 5.74) is 1.22. The molecule has 1 aromatic carbocycles. The van der Waals surface area contributed by atoms with Crippen LogP contribution in [-0.2, 0) is 9.53 Å². The largest absolute Gasteiger partial charge is 0.451 e. The molecule has 94 valence electrons. The van der Waals surface area contributed by atoms with E-state index in [0.29, 0.717) is 6.54 Å². The Morgan fingerprint density at radius 3 is 2.89 bits per heavy atom. The molecule has 0 aromatic heterocycles. The summed E-state index contributed by atoms with van der Waals surface area (Å²) in [5, 5.41) is 3.26. The average Bonchev–Trinajstić information content (AvgIpc) is 2.40. The number of piperidine rings is 1. The highest BCUT2D eigenvalue weighted by Gasteiger charge is 2.28. The molecule has 0 amide bonds. The Bertz CT molecular complexity index is 458. The summed E-state index contributed by atoms with van der Waals surface area (Å²) in [6.45, 7) is 3.28. The fourth-order valence-corrected chi connectivity index (χ4v) is 2.30. The Labute approximate surface area is 108 Å². The second-order valence-corrected chi connectivity index (χ2v) is 4.33. The Morgan fingerprint density at radius 1 is 1.39 bits per heavy atom. The summed E-state index contributed by atoms with van der Waals surface area (Å²) in [6.07, 6.45) is 0.844. The minimum atomic E-state index is -0.438. The van der Waals surface area contributed by atoms with Crippen LogP contribution in [0.15, 0.2) is 30.3 Å². The molecule has 0 saturated carbocycles. The third kappa shape index (κ3) is 3.12. The first-order chi connectivity index (χ1) is 8.81. The van der Waals surface area contributed by atoms with Crippen LogP contribution in [0.25, 0.3) is 0 Å². The first-order valence-electron chi connectivity index (χ1n) is 6.20. The van der Waals surface area contributed by atoms with Crippen LogP contribution in [0.4, 0.5) is 0 Å². The molecular formula is C15H17NO2. The predicted molar refractivity (Wildman–Crippen MR) is 70.0 cm³/mol. The number of ether oxygens (including phenoxy) is 1. The van der Waals surface area contributed by atoms with E-state index in [2.05, 4.69) is 29.3 Å². The fraction of sp³-hybridized carbons (Fsp3) is 0.400. The fourth-order valence-electron chi connectivity index (χ4n) is 2.30. The smallest absolute Gasteiger partial charge is 0.384 e. The van der Waals surface area contributed by atoms with E-state index in [-0.39, 0.29) is 12.0 Å². The van der Waals surface area contributed by atoms with Crippen molar-refractivity contribution < 1.29 is 9.53 Å². The van der Waals surface area contributed by atoms with Gasteiger partial charge in [0.05, 0.1) is 0 Å². The normalized spacial score (nSPS) is 22.7. The van der Waals surface area contributed by atoms with Crippen molar-refractivity contribution in [2.24, 2.45) is 0 Å². The zero-order chi connectivity index (χ0) is 12.8. The SMILES string of the molecule is CC#CC(=O)OC1CNCCC1c1ccccc1.